The molecule has 0 aliphatic rings. The third kappa shape index (κ3) is 4.25. The van der Waals surface area contributed by atoms with E-state index in [1.807, 2.05) is 43.3 Å². The molecule has 28 heavy (non-hydrogen) atoms. The molecule has 138 valence electrons. The van der Waals surface area contributed by atoms with E-state index in [0.717, 1.165) is 20.8 Å². The molecule has 4 rings (SSSR count). The van der Waals surface area contributed by atoms with Crippen molar-refractivity contribution in [2.24, 2.45) is 0 Å². The Balaban J connectivity index is 1.52. The molecule has 0 fully saturated rings. The van der Waals surface area contributed by atoms with Crippen molar-refractivity contribution in [3.8, 4) is 23.3 Å². The summed E-state index contributed by atoms with van der Waals surface area (Å²) in [5.41, 5.74) is 2.43. The van der Waals surface area contributed by atoms with E-state index in [9.17, 15) is 0 Å². The van der Waals surface area contributed by atoms with E-state index < -0.39 is 0 Å². The van der Waals surface area contributed by atoms with Crippen LogP contribution in [0.15, 0.2) is 60.7 Å². The zero-order chi connectivity index (χ0) is 19.5. The Labute approximate surface area is 171 Å². The minimum absolute atomic E-state index is 0.387. The summed E-state index contributed by atoms with van der Waals surface area (Å²) >= 11 is 7.67. The molecule has 1 aromatic heterocycles. The van der Waals surface area contributed by atoms with Crippen LogP contribution >= 0.6 is 22.9 Å². The van der Waals surface area contributed by atoms with Crippen molar-refractivity contribution in [1.82, 2.24) is 4.98 Å². The molecule has 6 heteroatoms. The van der Waals surface area contributed by atoms with Gasteiger partial charge in [0.05, 0.1) is 21.8 Å². The van der Waals surface area contributed by atoms with Gasteiger partial charge in [0.1, 0.15) is 28.9 Å². The quantitative estimate of drug-likeness (QED) is 0.379. The summed E-state index contributed by atoms with van der Waals surface area (Å²) in [6.07, 6.45) is 0. The predicted octanol–water partition coefficient (Wildman–Crippen LogP) is 6.50. The van der Waals surface area contributed by atoms with Crippen LogP contribution in [-0.4, -0.2) is 4.98 Å². The third-order valence-electron chi connectivity index (χ3n) is 3.96. The van der Waals surface area contributed by atoms with Crippen LogP contribution in [-0.2, 0) is 6.61 Å². The molecular weight excluding hydrogens is 392 g/mol. The monoisotopic (exact) mass is 406 g/mol. The van der Waals surface area contributed by atoms with E-state index in [0.29, 0.717) is 34.4 Å². The molecule has 0 aliphatic carbocycles. The van der Waals surface area contributed by atoms with Crippen LogP contribution in [0.5, 0.6) is 17.2 Å². The molecule has 0 N–H and O–H groups in total. The Bertz CT molecular complexity index is 1160. The lowest BCUT2D eigenvalue weighted by atomic mass is 10.2. The number of ether oxygens (including phenoxy) is 2. The van der Waals surface area contributed by atoms with Crippen molar-refractivity contribution >= 4 is 33.2 Å². The molecular formula is C22H15ClN2O2S. The van der Waals surface area contributed by atoms with Gasteiger partial charge in [-0.15, -0.1) is 11.3 Å². The van der Waals surface area contributed by atoms with Gasteiger partial charge in [-0.25, -0.2) is 4.98 Å². The van der Waals surface area contributed by atoms with E-state index in [4.69, 9.17) is 26.3 Å². The van der Waals surface area contributed by atoms with Gasteiger partial charge < -0.3 is 9.47 Å². The number of fused-ring (bicyclic) bond motifs is 1. The van der Waals surface area contributed by atoms with E-state index >= 15 is 0 Å². The lowest BCUT2D eigenvalue weighted by Gasteiger charge is -2.11. The van der Waals surface area contributed by atoms with E-state index in [1.54, 1.807) is 29.5 Å². The van der Waals surface area contributed by atoms with Gasteiger partial charge >= 0.3 is 0 Å². The number of aryl methyl sites for hydroxylation is 1. The molecule has 0 aliphatic heterocycles. The summed E-state index contributed by atoms with van der Waals surface area (Å²) < 4.78 is 13.0. The fraction of sp³-hybridized carbons (Fsp3) is 0.0909. The van der Waals surface area contributed by atoms with Crippen LogP contribution in [0.1, 0.15) is 16.1 Å². The second kappa shape index (κ2) is 7.89. The van der Waals surface area contributed by atoms with Gasteiger partial charge in [-0.1, -0.05) is 23.7 Å². The van der Waals surface area contributed by atoms with E-state index in [1.165, 1.54) is 0 Å². The molecule has 3 aromatic carbocycles. The summed E-state index contributed by atoms with van der Waals surface area (Å²) in [6, 6.07) is 20.7. The first-order valence-corrected chi connectivity index (χ1v) is 9.76. The van der Waals surface area contributed by atoms with Gasteiger partial charge in [0, 0.05) is 11.1 Å². The number of rotatable bonds is 5. The molecule has 0 saturated carbocycles. The molecule has 1 heterocycles. The molecule has 0 unspecified atom stereocenters. The normalized spacial score (nSPS) is 10.6. The highest BCUT2D eigenvalue weighted by molar-refractivity contribution is 7.18. The summed E-state index contributed by atoms with van der Waals surface area (Å²) in [6.45, 7) is 2.36. The fourth-order valence-electron chi connectivity index (χ4n) is 2.81. The minimum Gasteiger partial charge on any atom is -0.486 e. The average molecular weight is 407 g/mol. The Kier molecular flexibility index (Phi) is 5.16. The van der Waals surface area contributed by atoms with Crippen molar-refractivity contribution in [1.29, 1.82) is 5.26 Å². The van der Waals surface area contributed by atoms with E-state index in [2.05, 4.69) is 17.1 Å². The highest BCUT2D eigenvalue weighted by atomic mass is 35.5. The number of hydrogen-bond acceptors (Lipinski definition) is 5. The molecule has 0 spiro atoms. The number of nitriles is 1. The lowest BCUT2D eigenvalue weighted by molar-refractivity contribution is 0.304. The smallest absolute Gasteiger partial charge is 0.140 e. The van der Waals surface area contributed by atoms with Crippen molar-refractivity contribution in [3.63, 3.8) is 0 Å². The maximum Gasteiger partial charge on any atom is 0.140 e. The molecule has 0 atom stereocenters. The highest BCUT2D eigenvalue weighted by Crippen LogP contribution is 2.30. The zero-order valence-electron chi connectivity index (χ0n) is 15.0. The summed E-state index contributed by atoms with van der Waals surface area (Å²) in [5.74, 6) is 1.81. The van der Waals surface area contributed by atoms with Crippen LogP contribution in [0.25, 0.3) is 10.2 Å². The fourth-order valence-corrected chi connectivity index (χ4v) is 3.91. The van der Waals surface area contributed by atoms with E-state index in [-0.39, 0.29) is 0 Å². The van der Waals surface area contributed by atoms with Crippen LogP contribution in [0.2, 0.25) is 5.02 Å². The number of aromatic nitrogens is 1. The van der Waals surface area contributed by atoms with Crippen LogP contribution in [0.4, 0.5) is 0 Å². The number of nitrogens with zero attached hydrogens (tertiary/aromatic N) is 2. The van der Waals surface area contributed by atoms with Gasteiger partial charge in [0.15, 0.2) is 0 Å². The first-order valence-electron chi connectivity index (χ1n) is 8.56. The van der Waals surface area contributed by atoms with Gasteiger partial charge in [-0.3, -0.25) is 0 Å². The first kappa shape index (κ1) is 18.3. The second-order valence-electron chi connectivity index (χ2n) is 6.24. The lowest BCUT2D eigenvalue weighted by Crippen LogP contribution is -1.96. The minimum atomic E-state index is 0.387. The molecule has 0 bridgehead atoms. The second-order valence-corrected chi connectivity index (χ2v) is 7.79. The maximum absolute atomic E-state index is 9.08. The highest BCUT2D eigenvalue weighted by Gasteiger charge is 2.07. The first-order chi connectivity index (χ1) is 13.6. The SMILES string of the molecule is Cc1cc(OCc2nc3ccccc3s2)cc(Oc2cc(Cl)cc(C#N)c2)c1. The number of benzene rings is 3. The number of thiazole rings is 1. The van der Waals surface area contributed by atoms with Crippen molar-refractivity contribution < 1.29 is 9.47 Å². The molecule has 0 saturated heterocycles. The number of halogens is 1. The predicted molar refractivity (Wildman–Crippen MR) is 111 cm³/mol. The average Bonchev–Trinajstić information content (AvgIpc) is 3.08. The van der Waals surface area contributed by atoms with Gasteiger partial charge in [-0.05, 0) is 55.0 Å². The Morgan fingerprint density at radius 2 is 1.82 bits per heavy atom. The molecule has 0 radical (unpaired) electrons. The van der Waals surface area contributed by atoms with Crippen LogP contribution in [0, 0.1) is 18.3 Å². The van der Waals surface area contributed by atoms with Gasteiger partial charge in [0.2, 0.25) is 0 Å². The standard InChI is InChI=1S/C22H15ClN2O2S/c1-14-6-17(26-13-22-25-20-4-2-3-5-21(20)28-22)11-18(7-14)27-19-9-15(12-24)8-16(23)10-19/h2-11H,13H2,1H3. The summed E-state index contributed by atoms with van der Waals surface area (Å²) in [4.78, 5) is 4.59. The van der Waals surface area contributed by atoms with Crippen molar-refractivity contribution in [2.45, 2.75) is 13.5 Å². The van der Waals surface area contributed by atoms with Crippen LogP contribution < -0.4 is 9.47 Å². The van der Waals surface area contributed by atoms with Crippen LogP contribution in [0.3, 0.4) is 0 Å². The number of para-hydroxylation sites is 1. The largest absolute Gasteiger partial charge is 0.486 e. The maximum atomic E-state index is 9.08. The Morgan fingerprint density at radius 3 is 2.64 bits per heavy atom. The molecule has 4 aromatic rings. The molecule has 0 amide bonds. The third-order valence-corrected chi connectivity index (χ3v) is 5.19. The van der Waals surface area contributed by atoms with Gasteiger partial charge in [-0.2, -0.15) is 5.26 Å². The molecule has 4 nitrogen and oxygen atoms in total. The van der Waals surface area contributed by atoms with Gasteiger partial charge in [0.25, 0.3) is 0 Å². The zero-order valence-corrected chi connectivity index (χ0v) is 16.6. The summed E-state index contributed by atoms with van der Waals surface area (Å²) in [5, 5.41) is 10.5. The number of hydrogen-bond donors (Lipinski definition) is 0. The summed E-state index contributed by atoms with van der Waals surface area (Å²) in [7, 11) is 0. The van der Waals surface area contributed by atoms with Crippen molar-refractivity contribution in [3.05, 3.63) is 81.8 Å². The Morgan fingerprint density at radius 1 is 1.04 bits per heavy atom. The van der Waals surface area contributed by atoms with Crippen molar-refractivity contribution in [2.75, 3.05) is 0 Å². The topological polar surface area (TPSA) is 55.1 Å². The Hall–Kier alpha value is -3.07.